The number of nitriles is 1. The molecular weight excluding hydrogens is 305 g/mol. The SMILES string of the molecule is Cn1cc(C#N)c(Nc2cc(Cl)c(Cl)cc2[N+](=O)[O-])n1. The summed E-state index contributed by atoms with van der Waals surface area (Å²) >= 11 is 11.6. The first-order valence-electron chi connectivity index (χ1n) is 5.26. The molecule has 0 aliphatic carbocycles. The molecule has 0 bridgehead atoms. The second-order valence-electron chi connectivity index (χ2n) is 3.84. The fourth-order valence-corrected chi connectivity index (χ4v) is 1.90. The van der Waals surface area contributed by atoms with Gasteiger partial charge in [-0.15, -0.1) is 0 Å². The summed E-state index contributed by atoms with van der Waals surface area (Å²) in [5, 5.41) is 26.9. The van der Waals surface area contributed by atoms with E-state index in [1.54, 1.807) is 7.05 Å². The lowest BCUT2D eigenvalue weighted by Gasteiger charge is -2.06. The zero-order chi connectivity index (χ0) is 14.9. The van der Waals surface area contributed by atoms with Crippen LogP contribution in [0.2, 0.25) is 10.0 Å². The van der Waals surface area contributed by atoms with Crippen LogP contribution in [0.4, 0.5) is 17.2 Å². The predicted molar refractivity (Wildman–Crippen MR) is 74.3 cm³/mol. The van der Waals surface area contributed by atoms with Crippen molar-refractivity contribution in [2.24, 2.45) is 7.05 Å². The lowest BCUT2D eigenvalue weighted by molar-refractivity contribution is -0.383. The van der Waals surface area contributed by atoms with Crippen molar-refractivity contribution in [2.45, 2.75) is 0 Å². The van der Waals surface area contributed by atoms with Gasteiger partial charge in [0.25, 0.3) is 5.69 Å². The largest absolute Gasteiger partial charge is 0.332 e. The number of benzene rings is 1. The van der Waals surface area contributed by atoms with Crippen molar-refractivity contribution in [3.63, 3.8) is 0 Å². The normalized spacial score (nSPS) is 10.1. The van der Waals surface area contributed by atoms with E-state index in [4.69, 9.17) is 28.5 Å². The minimum Gasteiger partial charge on any atom is -0.332 e. The van der Waals surface area contributed by atoms with E-state index in [2.05, 4.69) is 10.4 Å². The molecule has 102 valence electrons. The number of nitro groups is 1. The number of aromatic nitrogens is 2. The van der Waals surface area contributed by atoms with Crippen LogP contribution in [0.3, 0.4) is 0 Å². The summed E-state index contributed by atoms with van der Waals surface area (Å²) in [4.78, 5) is 10.4. The number of hydrogen-bond acceptors (Lipinski definition) is 5. The summed E-state index contributed by atoms with van der Waals surface area (Å²) in [6, 6.07) is 4.39. The molecule has 1 N–H and O–H groups in total. The number of nitrogens with one attached hydrogen (secondary N) is 1. The Bertz CT molecular complexity index is 735. The molecule has 0 saturated carbocycles. The smallest absolute Gasteiger partial charge is 0.294 e. The Morgan fingerprint density at radius 1 is 1.45 bits per heavy atom. The van der Waals surface area contributed by atoms with E-state index in [1.165, 1.54) is 16.9 Å². The predicted octanol–water partition coefficient (Wildman–Crippen LogP) is 3.25. The van der Waals surface area contributed by atoms with Crippen LogP contribution >= 0.6 is 23.2 Å². The number of nitro benzene ring substituents is 1. The lowest BCUT2D eigenvalue weighted by atomic mass is 10.2. The molecular formula is C11H7Cl2N5O2. The Kier molecular flexibility index (Phi) is 3.79. The highest BCUT2D eigenvalue weighted by molar-refractivity contribution is 6.42. The van der Waals surface area contributed by atoms with Crippen molar-refractivity contribution < 1.29 is 4.92 Å². The third-order valence-corrected chi connectivity index (χ3v) is 3.16. The molecule has 0 spiro atoms. The van der Waals surface area contributed by atoms with Crippen molar-refractivity contribution in [3.8, 4) is 6.07 Å². The average molecular weight is 312 g/mol. The second-order valence-corrected chi connectivity index (χ2v) is 4.66. The van der Waals surface area contributed by atoms with E-state index in [-0.39, 0.29) is 32.8 Å². The highest BCUT2D eigenvalue weighted by Crippen LogP contribution is 2.35. The second kappa shape index (κ2) is 5.36. The molecule has 20 heavy (non-hydrogen) atoms. The summed E-state index contributed by atoms with van der Waals surface area (Å²) in [7, 11) is 1.63. The Morgan fingerprint density at radius 2 is 2.10 bits per heavy atom. The number of rotatable bonds is 3. The van der Waals surface area contributed by atoms with E-state index in [1.807, 2.05) is 6.07 Å². The van der Waals surface area contributed by atoms with Gasteiger partial charge in [-0.05, 0) is 6.07 Å². The number of halogens is 2. The third-order valence-electron chi connectivity index (χ3n) is 2.44. The Labute approximate surface area is 123 Å². The standard InChI is InChI=1S/C11H7Cl2N5O2/c1-17-5-6(4-14)11(16-17)15-9-2-7(12)8(13)3-10(9)18(19)20/h2-3,5H,1H3,(H,15,16). The van der Waals surface area contributed by atoms with Crippen molar-refractivity contribution in [3.05, 3.63) is 44.1 Å². The Hall–Kier alpha value is -2.30. The van der Waals surface area contributed by atoms with Gasteiger partial charge in [0.05, 0.1) is 15.0 Å². The van der Waals surface area contributed by atoms with Gasteiger partial charge in [0.15, 0.2) is 5.82 Å². The van der Waals surface area contributed by atoms with Crippen LogP contribution in [0, 0.1) is 21.4 Å². The van der Waals surface area contributed by atoms with Crippen LogP contribution in [-0.2, 0) is 7.05 Å². The Morgan fingerprint density at radius 3 is 2.70 bits per heavy atom. The molecule has 1 aromatic carbocycles. The molecule has 9 heteroatoms. The molecule has 0 aliphatic rings. The fraction of sp³-hybridized carbons (Fsp3) is 0.0909. The highest BCUT2D eigenvalue weighted by Gasteiger charge is 2.19. The van der Waals surface area contributed by atoms with E-state index in [0.717, 1.165) is 6.07 Å². The number of anilines is 2. The lowest BCUT2D eigenvalue weighted by Crippen LogP contribution is -1.99. The van der Waals surface area contributed by atoms with Gasteiger partial charge in [0.1, 0.15) is 17.3 Å². The molecule has 0 radical (unpaired) electrons. The van der Waals surface area contributed by atoms with Crippen molar-refractivity contribution in [2.75, 3.05) is 5.32 Å². The van der Waals surface area contributed by atoms with Crippen LogP contribution < -0.4 is 5.32 Å². The molecule has 2 rings (SSSR count). The maximum Gasteiger partial charge on any atom is 0.294 e. The summed E-state index contributed by atoms with van der Waals surface area (Å²) < 4.78 is 1.42. The molecule has 0 aliphatic heterocycles. The molecule has 2 aromatic rings. The molecule has 1 aromatic heterocycles. The van der Waals surface area contributed by atoms with Crippen LogP contribution in [0.15, 0.2) is 18.3 Å². The molecule has 7 nitrogen and oxygen atoms in total. The zero-order valence-corrected chi connectivity index (χ0v) is 11.6. The average Bonchev–Trinajstić information content (AvgIpc) is 2.73. The number of hydrogen-bond donors (Lipinski definition) is 1. The van der Waals surface area contributed by atoms with E-state index in [0.29, 0.717) is 0 Å². The van der Waals surface area contributed by atoms with Crippen molar-refractivity contribution >= 4 is 40.4 Å². The summed E-state index contributed by atoms with van der Waals surface area (Å²) in [5.41, 5.74) is 0.112. The van der Waals surface area contributed by atoms with Gasteiger partial charge >= 0.3 is 0 Å². The Balaban J connectivity index is 2.50. The van der Waals surface area contributed by atoms with Crippen molar-refractivity contribution in [1.29, 1.82) is 5.26 Å². The minimum atomic E-state index is -0.598. The van der Waals surface area contributed by atoms with Gasteiger partial charge in [-0.1, -0.05) is 23.2 Å². The molecule has 0 saturated heterocycles. The fourth-order valence-electron chi connectivity index (χ4n) is 1.58. The minimum absolute atomic E-state index is 0.0745. The number of nitrogens with zero attached hydrogens (tertiary/aromatic N) is 4. The van der Waals surface area contributed by atoms with E-state index < -0.39 is 4.92 Å². The topological polar surface area (TPSA) is 96.8 Å². The molecule has 1 heterocycles. The first-order valence-corrected chi connectivity index (χ1v) is 6.02. The monoisotopic (exact) mass is 311 g/mol. The highest BCUT2D eigenvalue weighted by atomic mass is 35.5. The first kappa shape index (κ1) is 14.1. The molecule has 0 atom stereocenters. The molecule has 0 unspecified atom stereocenters. The maximum atomic E-state index is 11.0. The van der Waals surface area contributed by atoms with Crippen LogP contribution in [0.25, 0.3) is 0 Å². The molecule has 0 amide bonds. The maximum absolute atomic E-state index is 11.0. The number of aryl methyl sites for hydroxylation is 1. The third kappa shape index (κ3) is 2.66. The van der Waals surface area contributed by atoms with E-state index in [9.17, 15) is 10.1 Å². The van der Waals surface area contributed by atoms with Gasteiger partial charge in [0, 0.05) is 19.3 Å². The van der Waals surface area contributed by atoms with Gasteiger partial charge in [-0.3, -0.25) is 14.8 Å². The first-order chi connectivity index (χ1) is 9.42. The summed E-state index contributed by atoms with van der Waals surface area (Å²) in [6.45, 7) is 0. The van der Waals surface area contributed by atoms with Gasteiger partial charge < -0.3 is 5.32 Å². The van der Waals surface area contributed by atoms with Crippen LogP contribution in [0.5, 0.6) is 0 Å². The summed E-state index contributed by atoms with van der Waals surface area (Å²) in [5.74, 6) is 0.205. The van der Waals surface area contributed by atoms with Gasteiger partial charge in [-0.2, -0.15) is 10.4 Å². The molecule has 0 fully saturated rings. The van der Waals surface area contributed by atoms with Crippen molar-refractivity contribution in [1.82, 2.24) is 9.78 Å². The van der Waals surface area contributed by atoms with Crippen LogP contribution in [0.1, 0.15) is 5.56 Å². The quantitative estimate of drug-likeness (QED) is 0.693. The van der Waals surface area contributed by atoms with Gasteiger partial charge in [-0.25, -0.2) is 0 Å². The van der Waals surface area contributed by atoms with Gasteiger partial charge in [0.2, 0.25) is 0 Å². The summed E-state index contributed by atoms with van der Waals surface area (Å²) in [6.07, 6.45) is 1.49. The van der Waals surface area contributed by atoms with Crippen LogP contribution in [-0.4, -0.2) is 14.7 Å². The van der Waals surface area contributed by atoms with E-state index >= 15 is 0 Å². The zero-order valence-electron chi connectivity index (χ0n) is 10.1.